The molecular weight excluding hydrogens is 434 g/mol. The van der Waals surface area contributed by atoms with Crippen molar-refractivity contribution in [3.63, 3.8) is 0 Å². The summed E-state index contributed by atoms with van der Waals surface area (Å²) in [7, 11) is 13.2. The number of benzene rings is 2. The van der Waals surface area contributed by atoms with E-state index in [0.29, 0.717) is 0 Å². The van der Waals surface area contributed by atoms with Crippen molar-refractivity contribution in [3.05, 3.63) is 72.8 Å². The summed E-state index contributed by atoms with van der Waals surface area (Å²) in [6.07, 6.45) is 0. The predicted molar refractivity (Wildman–Crippen MR) is 104 cm³/mol. The van der Waals surface area contributed by atoms with E-state index in [9.17, 15) is 0 Å². The van der Waals surface area contributed by atoms with Crippen LogP contribution >= 0.6 is 17.0 Å². The first-order valence-electron chi connectivity index (χ1n) is 7.57. The molecule has 4 aromatic carbocycles. The van der Waals surface area contributed by atoms with Gasteiger partial charge in [-0.2, -0.15) is 0 Å². The Morgan fingerprint density at radius 3 is 1.40 bits per heavy atom. The summed E-state index contributed by atoms with van der Waals surface area (Å²) in [4.78, 5) is 0. The van der Waals surface area contributed by atoms with Crippen LogP contribution in [-0.4, -0.2) is 14.2 Å². The maximum absolute atomic E-state index is 5.10. The molecule has 0 unspecified atom stereocenters. The predicted octanol–water partition coefficient (Wildman–Crippen LogP) is 6.51. The van der Waals surface area contributed by atoms with Crippen molar-refractivity contribution < 1.29 is 30.3 Å². The van der Waals surface area contributed by atoms with Gasteiger partial charge in [-0.3, -0.25) is 0 Å². The Balaban J connectivity index is 0.000000156. The summed E-state index contributed by atoms with van der Waals surface area (Å²) in [5, 5.41) is 4.96. The second-order valence-corrected chi connectivity index (χ2v) is 8.85. The summed E-state index contributed by atoms with van der Waals surface area (Å²) in [6.45, 7) is 0. The molecule has 0 heterocycles. The number of methoxy groups -OCH3 is 2. The molecule has 5 heteroatoms. The van der Waals surface area contributed by atoms with E-state index in [1.165, 1.54) is 21.5 Å². The zero-order valence-electron chi connectivity index (χ0n) is 14.0. The first-order chi connectivity index (χ1) is 12.2. The van der Waals surface area contributed by atoms with Gasteiger partial charge in [0.25, 0.3) is 0 Å². The van der Waals surface area contributed by atoms with Crippen LogP contribution in [0.15, 0.2) is 72.8 Å². The van der Waals surface area contributed by atoms with Crippen molar-refractivity contribution in [3.8, 4) is 11.5 Å². The minimum absolute atomic E-state index is 0.826. The molecule has 2 nitrogen and oxygen atoms in total. The number of hydrogen-bond acceptors (Lipinski definition) is 2. The van der Waals surface area contributed by atoms with E-state index >= 15 is 0 Å². The van der Waals surface area contributed by atoms with Crippen molar-refractivity contribution in [2.24, 2.45) is 0 Å². The first-order valence-corrected chi connectivity index (χ1v) is 13.9. The Kier molecular flexibility index (Phi) is 8.54. The summed E-state index contributed by atoms with van der Waals surface area (Å²) < 4.78 is 10.2. The fourth-order valence-corrected chi connectivity index (χ4v) is 2.48. The zero-order chi connectivity index (χ0) is 18.1. The molecule has 0 aliphatic carbocycles. The maximum atomic E-state index is 5.10. The third-order valence-electron chi connectivity index (χ3n) is 3.65. The Morgan fingerprint density at radius 2 is 1.08 bits per heavy atom. The van der Waals surface area contributed by atoms with Gasteiger partial charge in [0.2, 0.25) is 0 Å². The van der Waals surface area contributed by atoms with E-state index in [-0.39, 0.29) is 0 Å². The Bertz CT molecular complexity index is 759. The average molecular weight is 452 g/mol. The quantitative estimate of drug-likeness (QED) is 0.323. The third kappa shape index (κ3) is 5.88. The normalized spacial score (nSPS) is 9.44. The van der Waals surface area contributed by atoms with Crippen molar-refractivity contribution in [1.29, 1.82) is 0 Å². The summed E-state index contributed by atoms with van der Waals surface area (Å²) in [6, 6.07) is 24.6. The van der Waals surface area contributed by atoms with Crippen LogP contribution in [0.1, 0.15) is 0 Å². The van der Waals surface area contributed by atoms with E-state index in [1.54, 1.807) is 14.2 Å². The van der Waals surface area contributed by atoms with Gasteiger partial charge in [0.15, 0.2) is 0 Å². The van der Waals surface area contributed by atoms with Crippen LogP contribution in [0.4, 0.5) is 0 Å². The second kappa shape index (κ2) is 10.7. The van der Waals surface area contributed by atoms with Crippen molar-refractivity contribution in [2.45, 2.75) is 0 Å². The molecular formula is C20H18Cl2O2Zr. The van der Waals surface area contributed by atoms with Gasteiger partial charge in [-0.15, -0.1) is 82.2 Å². The molecule has 0 aliphatic rings. The molecule has 0 amide bonds. The van der Waals surface area contributed by atoms with Crippen LogP contribution in [0.2, 0.25) is 0 Å². The number of hydrogen-bond donors (Lipinski definition) is 0. The molecule has 25 heavy (non-hydrogen) atoms. The van der Waals surface area contributed by atoms with Crippen molar-refractivity contribution in [1.82, 2.24) is 0 Å². The van der Waals surface area contributed by atoms with E-state index in [4.69, 9.17) is 26.5 Å². The molecule has 0 bridgehead atoms. The zero-order valence-corrected chi connectivity index (χ0v) is 18.0. The number of halogens is 2. The Morgan fingerprint density at radius 1 is 0.720 bits per heavy atom. The molecule has 0 radical (unpaired) electrons. The van der Waals surface area contributed by atoms with Gasteiger partial charge in [0, 0.05) is 11.5 Å². The molecule has 0 N–H and O–H groups in total. The number of fused-ring (bicyclic) bond motifs is 2. The SMILES string of the molecule is COc1cc2ccccc2[cH-]1.COc1cc2ccccc2[cH-]1.[Cl][Zr+2][Cl]. The fraction of sp³-hybridized carbons (Fsp3) is 0.100. The van der Waals surface area contributed by atoms with E-state index in [1.807, 2.05) is 48.5 Å². The van der Waals surface area contributed by atoms with E-state index in [2.05, 4.69) is 24.3 Å². The van der Waals surface area contributed by atoms with Gasteiger partial charge >= 0.3 is 37.9 Å². The molecule has 128 valence electrons. The van der Waals surface area contributed by atoms with Gasteiger partial charge in [0.05, 0.1) is 14.2 Å². The molecule has 4 aromatic rings. The van der Waals surface area contributed by atoms with Gasteiger partial charge in [-0.05, 0) is 0 Å². The van der Waals surface area contributed by atoms with Crippen LogP contribution in [0.5, 0.6) is 11.5 Å². The van der Waals surface area contributed by atoms with Gasteiger partial charge < -0.3 is 9.47 Å². The molecule has 0 fully saturated rings. The van der Waals surface area contributed by atoms with Gasteiger partial charge in [-0.1, -0.05) is 12.1 Å². The van der Waals surface area contributed by atoms with E-state index < -0.39 is 20.8 Å². The Labute approximate surface area is 166 Å². The molecule has 0 aliphatic heterocycles. The second-order valence-electron chi connectivity index (χ2n) is 5.12. The summed E-state index contributed by atoms with van der Waals surface area (Å²) in [5.41, 5.74) is 0. The molecule has 0 saturated carbocycles. The number of rotatable bonds is 2. The van der Waals surface area contributed by atoms with Crippen LogP contribution in [0, 0.1) is 0 Å². The minimum atomic E-state index is -0.826. The van der Waals surface area contributed by atoms with Gasteiger partial charge in [0.1, 0.15) is 0 Å². The van der Waals surface area contributed by atoms with Crippen LogP contribution in [0.25, 0.3) is 21.5 Å². The standard InChI is InChI=1S/2C10H9O.2ClH.Zr/c2*1-11-10-6-8-4-2-3-5-9(8)7-10;;;/h2*2-7H,1H3;2*1H;/q2*-1;;;+4/p-2. The molecule has 0 atom stereocenters. The van der Waals surface area contributed by atoms with Crippen LogP contribution in [-0.2, 0) is 20.8 Å². The summed E-state index contributed by atoms with van der Waals surface area (Å²) in [5.74, 6) is 1.87. The first kappa shape index (κ1) is 20.0. The monoisotopic (exact) mass is 450 g/mol. The van der Waals surface area contributed by atoms with E-state index in [0.717, 1.165) is 11.5 Å². The summed E-state index contributed by atoms with van der Waals surface area (Å²) >= 11 is -0.826. The molecule has 0 aromatic heterocycles. The van der Waals surface area contributed by atoms with Crippen molar-refractivity contribution in [2.75, 3.05) is 14.2 Å². The topological polar surface area (TPSA) is 18.5 Å². The van der Waals surface area contributed by atoms with Crippen LogP contribution in [0.3, 0.4) is 0 Å². The molecule has 0 saturated heterocycles. The third-order valence-corrected chi connectivity index (χ3v) is 3.65. The fourth-order valence-electron chi connectivity index (χ4n) is 2.48. The van der Waals surface area contributed by atoms with Crippen LogP contribution < -0.4 is 9.47 Å². The average Bonchev–Trinajstić information content (AvgIpc) is 3.26. The molecule has 0 spiro atoms. The molecule has 4 rings (SSSR count). The van der Waals surface area contributed by atoms with Crippen molar-refractivity contribution >= 4 is 38.6 Å². The van der Waals surface area contributed by atoms with Gasteiger partial charge in [-0.25, -0.2) is 0 Å². The Hall–Kier alpha value is -1.28. The number of ether oxygens (including phenoxy) is 2.